The van der Waals surface area contributed by atoms with Crippen LogP contribution in [-0.2, 0) is 15.5 Å². The second kappa shape index (κ2) is 2.87. The van der Waals surface area contributed by atoms with Gasteiger partial charge in [-0.2, -0.15) is 5.10 Å². The van der Waals surface area contributed by atoms with E-state index in [-0.39, 0.29) is 5.75 Å². The quantitative estimate of drug-likeness (QED) is 0.331. The van der Waals surface area contributed by atoms with Crippen LogP contribution in [-0.4, -0.2) is 32.5 Å². The van der Waals surface area contributed by atoms with Crippen molar-refractivity contribution in [3.8, 4) is 0 Å². The van der Waals surface area contributed by atoms with Crippen molar-refractivity contribution in [1.29, 1.82) is 0 Å². The van der Waals surface area contributed by atoms with Crippen molar-refractivity contribution in [3.05, 3.63) is 0 Å². The molecular formula is C4H7N3O3S. The second-order valence-corrected chi connectivity index (χ2v) is 3.08. The fourth-order valence-corrected chi connectivity index (χ4v) is 1.35. The van der Waals surface area contributed by atoms with E-state index in [2.05, 4.69) is 15.8 Å². The predicted molar refractivity (Wildman–Crippen MR) is 38.7 cm³/mol. The monoisotopic (exact) mass is 177 g/mol. The number of hydrogen-bond acceptors (Lipinski definition) is 6. The molecule has 1 aliphatic heterocycles. The molecule has 0 saturated heterocycles. The molecule has 0 fully saturated rings. The van der Waals surface area contributed by atoms with E-state index in [1.165, 1.54) is 6.34 Å². The molecule has 0 aromatic carbocycles. The summed E-state index contributed by atoms with van der Waals surface area (Å²) in [5, 5.41) is 5.97. The van der Waals surface area contributed by atoms with E-state index in [4.69, 9.17) is 0 Å². The van der Waals surface area contributed by atoms with Gasteiger partial charge in [0.15, 0.2) is 11.9 Å². The number of nitrogens with one attached hydrogen (secondary N) is 2. The van der Waals surface area contributed by atoms with Gasteiger partial charge in [-0.05, 0) is 0 Å². The molecule has 7 heteroatoms. The minimum atomic E-state index is -2.60. The lowest BCUT2D eigenvalue weighted by molar-refractivity contribution is -0.112. The first-order chi connectivity index (χ1) is 5.18. The normalized spacial score (nSPS) is 28.1. The molecule has 1 atom stereocenters. The Hall–Kier alpha value is -1.11. The molecule has 0 aliphatic carbocycles. The zero-order chi connectivity index (χ0) is 8.32. The zero-order valence-corrected chi connectivity index (χ0v) is 6.38. The summed E-state index contributed by atoms with van der Waals surface area (Å²) in [6, 6.07) is 0. The Bertz CT molecular complexity index is 243. The molecular weight excluding hydrogens is 170 g/mol. The Labute approximate surface area is 64.6 Å². The summed E-state index contributed by atoms with van der Waals surface area (Å²) in [6.45, 7) is 0. The van der Waals surface area contributed by atoms with E-state index in [9.17, 15) is 13.2 Å². The molecule has 0 bridgehead atoms. The highest BCUT2D eigenvalue weighted by molar-refractivity contribution is 7.72. The number of nitrogens with zero attached hydrogens (tertiary/aromatic N) is 1. The summed E-state index contributed by atoms with van der Waals surface area (Å²) < 4.78 is 20.5. The maximum Gasteiger partial charge on any atom is 0.194 e. The van der Waals surface area contributed by atoms with Gasteiger partial charge in [-0.15, -0.1) is 0 Å². The van der Waals surface area contributed by atoms with Crippen LogP contribution < -0.4 is 10.7 Å². The van der Waals surface area contributed by atoms with Crippen LogP contribution in [0.4, 0.5) is 0 Å². The molecule has 0 saturated carbocycles. The van der Waals surface area contributed by atoms with Gasteiger partial charge in [0.1, 0.15) is 17.0 Å². The summed E-state index contributed by atoms with van der Waals surface area (Å²) in [5.74, 6) is -0.300. The van der Waals surface area contributed by atoms with E-state index in [1.54, 1.807) is 0 Å². The van der Waals surface area contributed by atoms with Crippen LogP contribution in [0.5, 0.6) is 0 Å². The number of hydrazone groups is 1. The minimum Gasteiger partial charge on any atom is -0.344 e. The van der Waals surface area contributed by atoms with Crippen LogP contribution in [0.1, 0.15) is 0 Å². The third kappa shape index (κ3) is 1.67. The molecule has 11 heavy (non-hydrogen) atoms. The van der Waals surface area contributed by atoms with Gasteiger partial charge < -0.3 is 5.32 Å². The van der Waals surface area contributed by atoms with Crippen LogP contribution in [0.15, 0.2) is 5.10 Å². The zero-order valence-electron chi connectivity index (χ0n) is 5.48. The highest BCUT2D eigenvalue weighted by Crippen LogP contribution is 1.99. The number of aldehydes is 1. The maximum absolute atomic E-state index is 10.4. The molecule has 1 aliphatic rings. The molecule has 0 aromatic heterocycles. The van der Waals surface area contributed by atoms with Gasteiger partial charge in [-0.3, -0.25) is 10.2 Å². The number of thiol groups is 1. The smallest absolute Gasteiger partial charge is 0.194 e. The summed E-state index contributed by atoms with van der Waals surface area (Å²) in [4.78, 5) is 10.4. The molecule has 0 spiro atoms. The van der Waals surface area contributed by atoms with Crippen molar-refractivity contribution in [2.24, 2.45) is 5.10 Å². The van der Waals surface area contributed by atoms with Crippen molar-refractivity contribution >= 4 is 23.3 Å². The Morgan fingerprint density at radius 2 is 2.36 bits per heavy atom. The van der Waals surface area contributed by atoms with Gasteiger partial charge in [0.05, 0.1) is 5.75 Å². The van der Waals surface area contributed by atoms with Crippen molar-refractivity contribution in [2.75, 3.05) is 5.75 Å². The Morgan fingerprint density at radius 1 is 1.64 bits per heavy atom. The maximum atomic E-state index is 10.4. The summed E-state index contributed by atoms with van der Waals surface area (Å²) in [5.41, 5.74) is 1.12. The third-order valence-electron chi connectivity index (χ3n) is 1.23. The van der Waals surface area contributed by atoms with E-state index in [1.807, 2.05) is 0 Å². The lowest BCUT2D eigenvalue weighted by Gasteiger charge is -2.18. The van der Waals surface area contributed by atoms with Crippen LogP contribution in [0.25, 0.3) is 0 Å². The Morgan fingerprint density at radius 3 is 2.73 bits per heavy atom. The number of hydrogen-bond donors (Lipinski definition) is 3. The van der Waals surface area contributed by atoms with E-state index >= 15 is 0 Å². The minimum absolute atomic E-state index is 0.300. The summed E-state index contributed by atoms with van der Waals surface area (Å²) in [6.07, 6.45) is 1.72. The average molecular weight is 177 g/mol. The van der Waals surface area contributed by atoms with Crippen LogP contribution in [0, 0.1) is 0 Å². The topological polar surface area (TPSA) is 87.6 Å². The molecule has 1 heterocycles. The van der Waals surface area contributed by atoms with Crippen LogP contribution >= 0.6 is 0 Å². The summed E-state index contributed by atoms with van der Waals surface area (Å²) >= 11 is 0. The van der Waals surface area contributed by atoms with Crippen molar-refractivity contribution in [3.63, 3.8) is 0 Å². The lowest BCUT2D eigenvalue weighted by atomic mass is 10.2. The van der Waals surface area contributed by atoms with Crippen molar-refractivity contribution in [2.45, 2.75) is 5.66 Å². The van der Waals surface area contributed by atoms with E-state index < -0.39 is 16.4 Å². The van der Waals surface area contributed by atoms with Gasteiger partial charge in [-0.1, -0.05) is 0 Å². The van der Waals surface area contributed by atoms with Gasteiger partial charge in [-0.25, -0.2) is 8.42 Å². The summed E-state index contributed by atoms with van der Waals surface area (Å²) in [7, 11) is -2.60. The molecule has 0 radical (unpaired) electrons. The highest BCUT2D eigenvalue weighted by atomic mass is 32.2. The van der Waals surface area contributed by atoms with E-state index in [0.717, 1.165) is 0 Å². The SMILES string of the molecule is O=CC1(C[SH](=O)=O)NC=NN1. The first kappa shape index (κ1) is 7.99. The van der Waals surface area contributed by atoms with Gasteiger partial charge in [0.2, 0.25) is 0 Å². The highest BCUT2D eigenvalue weighted by Gasteiger charge is 2.32. The first-order valence-corrected chi connectivity index (χ1v) is 4.19. The second-order valence-electron chi connectivity index (χ2n) is 2.09. The number of rotatable bonds is 3. The van der Waals surface area contributed by atoms with Gasteiger partial charge in [0.25, 0.3) is 0 Å². The standard InChI is InChI=1S/C4H7N3O3S/c8-1-4(2-11(9)10)5-3-6-7-4/h1,3,7,11H,2H2,(H,5,6). The molecule has 1 unspecified atom stereocenters. The molecule has 1 rings (SSSR count). The lowest BCUT2D eigenvalue weighted by Crippen LogP contribution is -2.54. The van der Waals surface area contributed by atoms with Crippen LogP contribution in [0.3, 0.4) is 0 Å². The van der Waals surface area contributed by atoms with Crippen molar-refractivity contribution in [1.82, 2.24) is 10.7 Å². The average Bonchev–Trinajstić information content (AvgIpc) is 2.36. The molecule has 0 amide bonds. The number of carbonyl (C=O) groups excluding carboxylic acids is 1. The fourth-order valence-electron chi connectivity index (χ4n) is 0.709. The first-order valence-electron chi connectivity index (χ1n) is 2.83. The van der Waals surface area contributed by atoms with Crippen molar-refractivity contribution < 1.29 is 13.2 Å². The predicted octanol–water partition coefficient (Wildman–Crippen LogP) is -2.37. The Balaban J connectivity index is 2.69. The van der Waals surface area contributed by atoms with Gasteiger partial charge >= 0.3 is 0 Å². The largest absolute Gasteiger partial charge is 0.344 e. The molecule has 6 nitrogen and oxygen atoms in total. The van der Waals surface area contributed by atoms with Crippen LogP contribution in [0.2, 0.25) is 0 Å². The molecule has 62 valence electrons. The fraction of sp³-hybridized carbons (Fsp3) is 0.500. The molecule has 0 aromatic rings. The number of carbonyl (C=O) groups is 1. The molecule has 2 N–H and O–H groups in total. The Kier molecular flexibility index (Phi) is 2.08. The van der Waals surface area contributed by atoms with E-state index in [0.29, 0.717) is 6.29 Å². The third-order valence-corrected chi connectivity index (χ3v) is 1.99. The van der Waals surface area contributed by atoms with Gasteiger partial charge in [0, 0.05) is 0 Å².